The van der Waals surface area contributed by atoms with E-state index in [1.807, 2.05) is 12.1 Å². The van der Waals surface area contributed by atoms with Crippen LogP contribution in [0.15, 0.2) is 28.7 Å². The smallest absolute Gasteiger partial charge is 0.410 e. The van der Waals surface area contributed by atoms with Gasteiger partial charge in [0.05, 0.1) is 0 Å². The summed E-state index contributed by atoms with van der Waals surface area (Å²) in [5, 5.41) is 6.12. The van der Waals surface area contributed by atoms with Crippen molar-refractivity contribution in [1.29, 1.82) is 0 Å². The van der Waals surface area contributed by atoms with E-state index in [0.29, 0.717) is 5.75 Å². The molecule has 17 heavy (non-hydrogen) atoms. The highest BCUT2D eigenvalue weighted by Gasteiger charge is 2.16. The molecule has 1 amide bonds. The molecular formula is C12H15BrN2O2. The minimum Gasteiger partial charge on any atom is -0.410 e. The number of rotatable bonds is 2. The number of ether oxygens (including phenoxy) is 1. The zero-order valence-electron chi connectivity index (χ0n) is 9.41. The quantitative estimate of drug-likeness (QED) is 0.881. The first kappa shape index (κ1) is 12.4. The van der Waals surface area contributed by atoms with E-state index in [1.54, 1.807) is 12.1 Å². The summed E-state index contributed by atoms with van der Waals surface area (Å²) in [6.07, 6.45) is 1.52. The molecule has 0 atom stereocenters. The minimum atomic E-state index is -0.380. The number of carbonyl (C=O) groups excluding carboxylic acids is 1. The maximum Gasteiger partial charge on any atom is 0.412 e. The van der Waals surface area contributed by atoms with E-state index >= 15 is 0 Å². The third-order valence-corrected chi connectivity index (χ3v) is 3.16. The molecule has 5 heteroatoms. The van der Waals surface area contributed by atoms with Crippen LogP contribution in [0.1, 0.15) is 12.8 Å². The van der Waals surface area contributed by atoms with Crippen LogP contribution in [0.25, 0.3) is 0 Å². The van der Waals surface area contributed by atoms with E-state index in [-0.39, 0.29) is 12.1 Å². The fourth-order valence-corrected chi connectivity index (χ4v) is 2.18. The Hall–Kier alpha value is -1.07. The minimum absolute atomic E-state index is 0.218. The second-order valence-electron chi connectivity index (χ2n) is 4.02. The van der Waals surface area contributed by atoms with Crippen molar-refractivity contribution in [3.8, 4) is 5.75 Å². The van der Waals surface area contributed by atoms with Crippen LogP contribution in [0.4, 0.5) is 4.79 Å². The van der Waals surface area contributed by atoms with E-state index in [0.717, 1.165) is 30.4 Å². The second-order valence-corrected chi connectivity index (χ2v) is 4.93. The Balaban J connectivity index is 1.84. The Morgan fingerprint density at radius 2 is 2.18 bits per heavy atom. The zero-order chi connectivity index (χ0) is 12.1. The summed E-state index contributed by atoms with van der Waals surface area (Å²) in [7, 11) is 0. The zero-order valence-corrected chi connectivity index (χ0v) is 11.0. The number of nitrogens with one attached hydrogen (secondary N) is 2. The SMILES string of the molecule is O=C(NC1CCNCC1)Oc1cccc(Br)c1. The largest absolute Gasteiger partial charge is 0.412 e. The van der Waals surface area contributed by atoms with Crippen molar-refractivity contribution >= 4 is 22.0 Å². The monoisotopic (exact) mass is 298 g/mol. The van der Waals surface area contributed by atoms with E-state index in [2.05, 4.69) is 26.6 Å². The van der Waals surface area contributed by atoms with Crippen LogP contribution in [-0.4, -0.2) is 25.2 Å². The molecule has 0 unspecified atom stereocenters. The number of hydrogen-bond acceptors (Lipinski definition) is 3. The van der Waals surface area contributed by atoms with E-state index in [4.69, 9.17) is 4.74 Å². The number of hydrogen-bond donors (Lipinski definition) is 2. The lowest BCUT2D eigenvalue weighted by atomic mass is 10.1. The van der Waals surface area contributed by atoms with Gasteiger partial charge in [-0.1, -0.05) is 22.0 Å². The fourth-order valence-electron chi connectivity index (χ4n) is 1.80. The summed E-state index contributed by atoms with van der Waals surface area (Å²) in [6.45, 7) is 1.89. The molecule has 1 saturated heterocycles. The van der Waals surface area contributed by atoms with Crippen molar-refractivity contribution in [3.63, 3.8) is 0 Å². The molecule has 0 saturated carbocycles. The average Bonchev–Trinajstić information content (AvgIpc) is 2.30. The van der Waals surface area contributed by atoms with Crippen LogP contribution < -0.4 is 15.4 Å². The van der Waals surface area contributed by atoms with Gasteiger partial charge in [0.25, 0.3) is 0 Å². The predicted octanol–water partition coefficient (Wildman–Crippen LogP) is 2.29. The normalized spacial score (nSPS) is 16.5. The van der Waals surface area contributed by atoms with Gasteiger partial charge in [0.2, 0.25) is 0 Å². The molecule has 0 bridgehead atoms. The average molecular weight is 299 g/mol. The van der Waals surface area contributed by atoms with Gasteiger partial charge in [0, 0.05) is 10.5 Å². The Kier molecular flexibility index (Phi) is 4.39. The molecule has 1 aliphatic rings. The van der Waals surface area contributed by atoms with Crippen molar-refractivity contribution in [3.05, 3.63) is 28.7 Å². The summed E-state index contributed by atoms with van der Waals surface area (Å²) in [6, 6.07) is 7.46. The molecule has 92 valence electrons. The molecule has 0 aromatic heterocycles. The first-order valence-corrected chi connectivity index (χ1v) is 6.48. The molecular weight excluding hydrogens is 284 g/mol. The summed E-state index contributed by atoms with van der Waals surface area (Å²) < 4.78 is 6.09. The molecule has 1 aromatic carbocycles. The molecule has 2 rings (SSSR count). The third kappa shape index (κ3) is 4.02. The molecule has 2 N–H and O–H groups in total. The van der Waals surface area contributed by atoms with Crippen molar-refractivity contribution in [2.45, 2.75) is 18.9 Å². The summed E-state index contributed by atoms with van der Waals surface area (Å²) in [4.78, 5) is 11.6. The standard InChI is InChI=1S/C12H15BrN2O2/c13-9-2-1-3-11(8-9)17-12(16)15-10-4-6-14-7-5-10/h1-3,8,10,14H,4-7H2,(H,15,16). The van der Waals surface area contributed by atoms with Gasteiger partial charge in [-0.15, -0.1) is 0 Å². The van der Waals surface area contributed by atoms with Gasteiger partial charge >= 0.3 is 6.09 Å². The van der Waals surface area contributed by atoms with Gasteiger partial charge in [-0.05, 0) is 44.1 Å². The van der Waals surface area contributed by atoms with E-state index in [1.165, 1.54) is 0 Å². The number of piperidine rings is 1. The first-order valence-electron chi connectivity index (χ1n) is 5.69. The van der Waals surface area contributed by atoms with Crippen LogP contribution >= 0.6 is 15.9 Å². The lowest BCUT2D eigenvalue weighted by Gasteiger charge is -2.23. The highest BCUT2D eigenvalue weighted by Crippen LogP contribution is 2.17. The topological polar surface area (TPSA) is 50.4 Å². The molecule has 1 fully saturated rings. The second kappa shape index (κ2) is 6.02. The Labute approximate surface area is 109 Å². The molecule has 0 spiro atoms. The van der Waals surface area contributed by atoms with Gasteiger partial charge in [0.15, 0.2) is 0 Å². The molecule has 1 aliphatic heterocycles. The molecule has 4 nitrogen and oxygen atoms in total. The fraction of sp³-hybridized carbons (Fsp3) is 0.417. The summed E-state index contributed by atoms with van der Waals surface area (Å²) >= 11 is 3.33. The highest BCUT2D eigenvalue weighted by molar-refractivity contribution is 9.10. The van der Waals surface area contributed by atoms with Crippen molar-refractivity contribution < 1.29 is 9.53 Å². The number of benzene rings is 1. The maximum absolute atomic E-state index is 11.6. The van der Waals surface area contributed by atoms with E-state index in [9.17, 15) is 4.79 Å². The van der Waals surface area contributed by atoms with Crippen LogP contribution in [0, 0.1) is 0 Å². The number of amides is 1. The molecule has 0 radical (unpaired) electrons. The maximum atomic E-state index is 11.6. The van der Waals surface area contributed by atoms with Gasteiger partial charge in [-0.2, -0.15) is 0 Å². The number of halogens is 1. The van der Waals surface area contributed by atoms with Gasteiger partial charge in [-0.25, -0.2) is 4.79 Å². The number of carbonyl (C=O) groups is 1. The first-order chi connectivity index (χ1) is 8.24. The van der Waals surface area contributed by atoms with Crippen LogP contribution in [0.3, 0.4) is 0 Å². The van der Waals surface area contributed by atoms with Crippen molar-refractivity contribution in [2.75, 3.05) is 13.1 Å². The predicted molar refractivity (Wildman–Crippen MR) is 69.2 cm³/mol. The van der Waals surface area contributed by atoms with Crippen molar-refractivity contribution in [2.24, 2.45) is 0 Å². The van der Waals surface area contributed by atoms with Gasteiger partial charge in [0.1, 0.15) is 5.75 Å². The summed E-state index contributed by atoms with van der Waals surface area (Å²) in [5.41, 5.74) is 0. The highest BCUT2D eigenvalue weighted by atomic mass is 79.9. The Bertz CT molecular complexity index is 392. The molecule has 0 aliphatic carbocycles. The molecule has 1 aromatic rings. The van der Waals surface area contributed by atoms with Crippen LogP contribution in [0.2, 0.25) is 0 Å². The lowest BCUT2D eigenvalue weighted by molar-refractivity contribution is 0.193. The lowest BCUT2D eigenvalue weighted by Crippen LogP contribution is -2.43. The molecule has 1 heterocycles. The van der Waals surface area contributed by atoms with Crippen molar-refractivity contribution in [1.82, 2.24) is 10.6 Å². The third-order valence-electron chi connectivity index (χ3n) is 2.67. The van der Waals surface area contributed by atoms with E-state index < -0.39 is 0 Å². The summed E-state index contributed by atoms with van der Waals surface area (Å²) in [5.74, 6) is 0.547. The Morgan fingerprint density at radius 1 is 1.41 bits per heavy atom. The Morgan fingerprint density at radius 3 is 2.88 bits per heavy atom. The van der Waals surface area contributed by atoms with Gasteiger partial charge < -0.3 is 15.4 Å². The van der Waals surface area contributed by atoms with Gasteiger partial charge in [-0.3, -0.25) is 0 Å². The van der Waals surface area contributed by atoms with Crippen LogP contribution in [0.5, 0.6) is 5.75 Å². The van der Waals surface area contributed by atoms with Crippen LogP contribution in [-0.2, 0) is 0 Å².